The molecule has 0 aromatic rings. The van der Waals surface area contributed by atoms with Crippen molar-refractivity contribution in [1.82, 2.24) is 10.2 Å². The van der Waals surface area contributed by atoms with Gasteiger partial charge in [-0.25, -0.2) is 0 Å². The Morgan fingerprint density at radius 2 is 1.95 bits per heavy atom. The molecular weight excluding hydrogens is 244 g/mol. The van der Waals surface area contributed by atoms with Gasteiger partial charge in [0.2, 0.25) is 0 Å². The van der Waals surface area contributed by atoms with Crippen molar-refractivity contribution in [3.63, 3.8) is 0 Å². The Hall–Kier alpha value is -0.0800. The summed E-state index contributed by atoms with van der Waals surface area (Å²) in [5, 5.41) is 3.86. The molecule has 0 bridgehead atoms. The molecule has 3 atom stereocenters. The van der Waals surface area contributed by atoms with Gasteiger partial charge in [-0.05, 0) is 57.5 Å². The summed E-state index contributed by atoms with van der Waals surface area (Å²) in [6.07, 6.45) is 8.02. The highest BCUT2D eigenvalue weighted by Gasteiger charge is 2.38. The highest BCUT2D eigenvalue weighted by atomic mass is 15.1. The molecular formula is C18H38N2. The van der Waals surface area contributed by atoms with Gasteiger partial charge in [-0.15, -0.1) is 0 Å². The van der Waals surface area contributed by atoms with E-state index in [9.17, 15) is 0 Å². The van der Waals surface area contributed by atoms with Crippen LogP contribution in [0.3, 0.4) is 0 Å². The Morgan fingerprint density at radius 1 is 1.25 bits per heavy atom. The van der Waals surface area contributed by atoms with E-state index in [1.54, 1.807) is 0 Å². The molecule has 0 radical (unpaired) electrons. The monoisotopic (exact) mass is 282 g/mol. The van der Waals surface area contributed by atoms with E-state index in [0.717, 1.165) is 12.0 Å². The largest absolute Gasteiger partial charge is 0.313 e. The highest BCUT2D eigenvalue weighted by Crippen LogP contribution is 2.39. The molecule has 0 aromatic heterocycles. The molecule has 0 saturated heterocycles. The van der Waals surface area contributed by atoms with E-state index in [2.05, 4.69) is 51.9 Å². The third kappa shape index (κ3) is 5.04. The fourth-order valence-electron chi connectivity index (χ4n) is 3.91. The number of nitrogens with one attached hydrogen (secondary N) is 1. The van der Waals surface area contributed by atoms with Crippen LogP contribution in [0.15, 0.2) is 0 Å². The van der Waals surface area contributed by atoms with E-state index in [0.29, 0.717) is 11.5 Å². The molecule has 0 amide bonds. The van der Waals surface area contributed by atoms with Gasteiger partial charge >= 0.3 is 0 Å². The van der Waals surface area contributed by atoms with Crippen LogP contribution in [0.4, 0.5) is 0 Å². The van der Waals surface area contributed by atoms with Crippen LogP contribution >= 0.6 is 0 Å². The van der Waals surface area contributed by atoms with Crippen molar-refractivity contribution < 1.29 is 0 Å². The van der Waals surface area contributed by atoms with Gasteiger partial charge in [-0.3, -0.25) is 0 Å². The zero-order valence-electron chi connectivity index (χ0n) is 14.8. The van der Waals surface area contributed by atoms with E-state index in [1.807, 2.05) is 0 Å². The molecule has 1 saturated carbocycles. The predicted octanol–water partition coefficient (Wildman–Crippen LogP) is 4.30. The molecule has 0 aromatic carbocycles. The van der Waals surface area contributed by atoms with Gasteiger partial charge in [0.15, 0.2) is 0 Å². The maximum Gasteiger partial charge on any atom is 0.0159 e. The van der Waals surface area contributed by atoms with Crippen molar-refractivity contribution in [2.45, 2.75) is 85.2 Å². The van der Waals surface area contributed by atoms with Crippen molar-refractivity contribution in [2.75, 3.05) is 20.1 Å². The van der Waals surface area contributed by atoms with Crippen molar-refractivity contribution in [1.29, 1.82) is 0 Å². The summed E-state index contributed by atoms with van der Waals surface area (Å²) < 4.78 is 0. The molecule has 2 heteroatoms. The predicted molar refractivity (Wildman–Crippen MR) is 90.2 cm³/mol. The molecule has 2 nitrogen and oxygen atoms in total. The lowest BCUT2D eigenvalue weighted by Gasteiger charge is -2.46. The van der Waals surface area contributed by atoms with Crippen LogP contribution in [-0.2, 0) is 0 Å². The van der Waals surface area contributed by atoms with Crippen LogP contribution in [0.25, 0.3) is 0 Å². The molecule has 0 aliphatic heterocycles. The Kier molecular flexibility index (Phi) is 7.53. The molecule has 0 heterocycles. The first-order valence-corrected chi connectivity index (χ1v) is 8.86. The second kappa shape index (κ2) is 8.38. The molecule has 20 heavy (non-hydrogen) atoms. The molecule has 3 unspecified atom stereocenters. The average Bonchev–Trinajstić information content (AvgIpc) is 2.37. The van der Waals surface area contributed by atoms with Crippen molar-refractivity contribution in [3.05, 3.63) is 0 Å². The van der Waals surface area contributed by atoms with E-state index in [4.69, 9.17) is 0 Å². The number of hydrogen-bond donors (Lipinski definition) is 1. The van der Waals surface area contributed by atoms with Crippen LogP contribution in [0.1, 0.15) is 73.1 Å². The molecule has 1 fully saturated rings. The molecule has 1 rings (SSSR count). The first-order chi connectivity index (χ1) is 9.42. The lowest BCUT2D eigenvalue weighted by atomic mass is 9.67. The fourth-order valence-corrected chi connectivity index (χ4v) is 3.91. The summed E-state index contributed by atoms with van der Waals surface area (Å²) in [5.74, 6) is 0.814. The standard InChI is InChI=1S/C18H38N2/c1-7-10-15(3)20(6)14-16-11-9-12-18(4,5)17(16)19-13-8-2/h15-17,19H,7-14H2,1-6H3. The lowest BCUT2D eigenvalue weighted by molar-refractivity contribution is 0.0751. The van der Waals surface area contributed by atoms with Crippen molar-refractivity contribution in [2.24, 2.45) is 11.3 Å². The van der Waals surface area contributed by atoms with E-state index in [1.165, 1.54) is 51.6 Å². The summed E-state index contributed by atoms with van der Waals surface area (Å²) in [4.78, 5) is 2.59. The summed E-state index contributed by atoms with van der Waals surface area (Å²) in [6.45, 7) is 14.3. The summed E-state index contributed by atoms with van der Waals surface area (Å²) in [6, 6.07) is 1.41. The van der Waals surface area contributed by atoms with Crippen LogP contribution < -0.4 is 5.32 Å². The van der Waals surface area contributed by atoms with Crippen LogP contribution in [0, 0.1) is 11.3 Å². The average molecular weight is 283 g/mol. The fraction of sp³-hybridized carbons (Fsp3) is 1.00. The quantitative estimate of drug-likeness (QED) is 0.714. The van der Waals surface area contributed by atoms with Gasteiger partial charge in [-0.1, -0.05) is 40.5 Å². The van der Waals surface area contributed by atoms with Crippen LogP contribution in [-0.4, -0.2) is 37.1 Å². The van der Waals surface area contributed by atoms with E-state index < -0.39 is 0 Å². The van der Waals surface area contributed by atoms with E-state index in [-0.39, 0.29) is 0 Å². The maximum absolute atomic E-state index is 3.86. The van der Waals surface area contributed by atoms with Crippen molar-refractivity contribution >= 4 is 0 Å². The van der Waals surface area contributed by atoms with E-state index >= 15 is 0 Å². The normalized spacial score (nSPS) is 27.8. The van der Waals surface area contributed by atoms with Gasteiger partial charge in [-0.2, -0.15) is 0 Å². The summed E-state index contributed by atoms with van der Waals surface area (Å²) in [5.41, 5.74) is 0.451. The van der Waals surface area contributed by atoms with Crippen LogP contribution in [0.5, 0.6) is 0 Å². The minimum Gasteiger partial charge on any atom is -0.313 e. The smallest absolute Gasteiger partial charge is 0.0159 e. The third-order valence-electron chi connectivity index (χ3n) is 5.30. The molecule has 0 spiro atoms. The number of nitrogens with zero attached hydrogens (tertiary/aromatic N) is 1. The summed E-state index contributed by atoms with van der Waals surface area (Å²) >= 11 is 0. The zero-order chi connectivity index (χ0) is 15.2. The second-order valence-corrected chi connectivity index (χ2v) is 7.65. The SMILES string of the molecule is CCCNC1C(CN(C)C(C)CCC)CCCC1(C)C. The topological polar surface area (TPSA) is 15.3 Å². The first kappa shape index (κ1) is 18.0. The Morgan fingerprint density at radius 3 is 2.55 bits per heavy atom. The molecule has 1 N–H and O–H groups in total. The van der Waals surface area contributed by atoms with Crippen molar-refractivity contribution in [3.8, 4) is 0 Å². The lowest BCUT2D eigenvalue weighted by Crippen LogP contribution is -2.53. The minimum absolute atomic E-state index is 0.451. The number of hydrogen-bond acceptors (Lipinski definition) is 2. The van der Waals surface area contributed by atoms with Gasteiger partial charge in [0.25, 0.3) is 0 Å². The number of rotatable bonds is 8. The minimum atomic E-state index is 0.451. The maximum atomic E-state index is 3.86. The second-order valence-electron chi connectivity index (χ2n) is 7.65. The third-order valence-corrected chi connectivity index (χ3v) is 5.30. The highest BCUT2D eigenvalue weighted by molar-refractivity contribution is 4.94. The van der Waals surface area contributed by atoms with Crippen LogP contribution in [0.2, 0.25) is 0 Å². The van der Waals surface area contributed by atoms with Gasteiger partial charge in [0.1, 0.15) is 0 Å². The first-order valence-electron chi connectivity index (χ1n) is 8.86. The Balaban J connectivity index is 2.63. The molecule has 1 aliphatic carbocycles. The Labute approximate surface area is 127 Å². The molecule has 120 valence electrons. The summed E-state index contributed by atoms with van der Waals surface area (Å²) in [7, 11) is 2.32. The van der Waals surface area contributed by atoms with Gasteiger partial charge in [0.05, 0.1) is 0 Å². The zero-order valence-corrected chi connectivity index (χ0v) is 14.8. The molecule has 1 aliphatic rings. The van der Waals surface area contributed by atoms with Gasteiger partial charge < -0.3 is 10.2 Å². The van der Waals surface area contributed by atoms with Gasteiger partial charge in [0, 0.05) is 18.6 Å². The Bertz CT molecular complexity index is 262.